The number of aryl methyl sites for hydroxylation is 1. The SMILES string of the molecule is Cc1oc(C(=O)O)cc1S(=O)(=O)Nc1cccnc1-n1cncn1. The van der Waals surface area contributed by atoms with Gasteiger partial charge in [0.05, 0.1) is 5.69 Å². The number of carboxylic acid groups (broad SMARTS) is 1. The monoisotopic (exact) mass is 349 g/mol. The Kier molecular flexibility index (Phi) is 3.77. The highest BCUT2D eigenvalue weighted by atomic mass is 32.2. The molecular formula is C13H11N5O5S. The van der Waals surface area contributed by atoms with Crippen LogP contribution in [0.4, 0.5) is 5.69 Å². The van der Waals surface area contributed by atoms with E-state index in [-0.39, 0.29) is 22.2 Å². The van der Waals surface area contributed by atoms with Gasteiger partial charge < -0.3 is 9.52 Å². The Morgan fingerprint density at radius 1 is 1.42 bits per heavy atom. The van der Waals surface area contributed by atoms with E-state index in [1.165, 1.54) is 36.5 Å². The van der Waals surface area contributed by atoms with Crippen LogP contribution in [-0.4, -0.2) is 39.2 Å². The van der Waals surface area contributed by atoms with Crippen LogP contribution in [0.2, 0.25) is 0 Å². The predicted octanol–water partition coefficient (Wildman–Crippen LogP) is 1.06. The molecule has 0 atom stereocenters. The van der Waals surface area contributed by atoms with Crippen molar-refractivity contribution < 1.29 is 22.7 Å². The molecule has 0 spiro atoms. The second-order valence-electron chi connectivity index (χ2n) is 4.66. The summed E-state index contributed by atoms with van der Waals surface area (Å²) in [4.78, 5) is 18.5. The Hall–Kier alpha value is -3.21. The number of hydrogen-bond donors (Lipinski definition) is 2. The number of anilines is 1. The number of carboxylic acids is 1. The Labute approximate surface area is 135 Å². The van der Waals surface area contributed by atoms with Crippen LogP contribution in [0.5, 0.6) is 0 Å². The molecule has 3 aromatic heterocycles. The lowest BCUT2D eigenvalue weighted by atomic mass is 10.4. The van der Waals surface area contributed by atoms with Crippen LogP contribution in [0.25, 0.3) is 5.82 Å². The number of furan rings is 1. The fourth-order valence-corrected chi connectivity index (χ4v) is 3.26. The molecule has 0 saturated heterocycles. The van der Waals surface area contributed by atoms with Gasteiger partial charge in [0, 0.05) is 12.3 Å². The molecule has 124 valence electrons. The molecule has 0 amide bonds. The normalized spacial score (nSPS) is 11.4. The number of rotatable bonds is 5. The molecule has 0 aromatic carbocycles. The highest BCUT2D eigenvalue weighted by Crippen LogP contribution is 2.25. The molecule has 0 radical (unpaired) electrons. The molecule has 3 aromatic rings. The van der Waals surface area contributed by atoms with Crippen molar-refractivity contribution >= 4 is 21.7 Å². The number of aromatic nitrogens is 4. The Morgan fingerprint density at radius 3 is 2.83 bits per heavy atom. The van der Waals surface area contributed by atoms with Crippen LogP contribution in [-0.2, 0) is 10.0 Å². The van der Waals surface area contributed by atoms with Crippen LogP contribution >= 0.6 is 0 Å². The first kappa shape index (κ1) is 15.7. The van der Waals surface area contributed by atoms with Crippen molar-refractivity contribution in [3.8, 4) is 5.82 Å². The number of nitrogens with zero attached hydrogens (tertiary/aromatic N) is 4. The van der Waals surface area contributed by atoms with E-state index < -0.39 is 21.8 Å². The van der Waals surface area contributed by atoms with Gasteiger partial charge in [0.15, 0.2) is 5.82 Å². The third kappa shape index (κ3) is 2.84. The third-order valence-corrected chi connectivity index (χ3v) is 4.51. The molecule has 0 aliphatic rings. The van der Waals surface area contributed by atoms with E-state index in [1.807, 2.05) is 0 Å². The molecule has 0 aliphatic heterocycles. The minimum absolute atomic E-state index is 0.0360. The lowest BCUT2D eigenvalue weighted by Gasteiger charge is -2.10. The first-order valence-electron chi connectivity index (χ1n) is 6.55. The summed E-state index contributed by atoms with van der Waals surface area (Å²) in [5.74, 6) is -1.64. The average molecular weight is 349 g/mol. The van der Waals surface area contributed by atoms with E-state index in [0.29, 0.717) is 0 Å². The lowest BCUT2D eigenvalue weighted by molar-refractivity contribution is 0.0661. The number of nitrogens with one attached hydrogen (secondary N) is 1. The highest BCUT2D eigenvalue weighted by Gasteiger charge is 2.25. The lowest BCUT2D eigenvalue weighted by Crippen LogP contribution is -2.15. The number of sulfonamides is 1. The van der Waals surface area contributed by atoms with Crippen LogP contribution < -0.4 is 4.72 Å². The topological polar surface area (TPSA) is 140 Å². The molecule has 0 unspecified atom stereocenters. The first-order chi connectivity index (χ1) is 11.4. The standard InChI is InChI=1S/C13H11N5O5S/c1-8-11(5-10(23-8)13(19)20)24(21,22)17-9-3-2-4-15-12(9)18-7-14-6-16-18/h2-7,17H,1H3,(H,19,20). The molecule has 11 heteroatoms. The Balaban J connectivity index is 2.01. The predicted molar refractivity (Wildman–Crippen MR) is 80.4 cm³/mol. The molecule has 2 N–H and O–H groups in total. The van der Waals surface area contributed by atoms with Crippen molar-refractivity contribution in [1.82, 2.24) is 19.7 Å². The van der Waals surface area contributed by atoms with Gasteiger partial charge in [0.2, 0.25) is 5.76 Å². The summed E-state index contributed by atoms with van der Waals surface area (Å²) in [6, 6.07) is 3.99. The van der Waals surface area contributed by atoms with Crippen molar-refractivity contribution in [2.45, 2.75) is 11.8 Å². The summed E-state index contributed by atoms with van der Waals surface area (Å²) >= 11 is 0. The molecule has 0 aliphatic carbocycles. The van der Waals surface area contributed by atoms with Crippen LogP contribution in [0, 0.1) is 6.92 Å². The Morgan fingerprint density at radius 2 is 2.21 bits per heavy atom. The summed E-state index contributed by atoms with van der Waals surface area (Å²) in [6.45, 7) is 1.36. The van der Waals surface area contributed by atoms with E-state index in [0.717, 1.165) is 6.07 Å². The molecule has 10 nitrogen and oxygen atoms in total. The summed E-state index contributed by atoms with van der Waals surface area (Å²) in [6.07, 6.45) is 4.12. The van der Waals surface area contributed by atoms with Gasteiger partial charge in [-0.3, -0.25) is 4.72 Å². The molecule has 0 saturated carbocycles. The zero-order chi connectivity index (χ0) is 17.3. The maximum atomic E-state index is 12.5. The second kappa shape index (κ2) is 5.77. The van der Waals surface area contributed by atoms with Crippen molar-refractivity contribution in [2.75, 3.05) is 4.72 Å². The fraction of sp³-hybridized carbons (Fsp3) is 0.0769. The van der Waals surface area contributed by atoms with E-state index in [9.17, 15) is 13.2 Å². The summed E-state index contributed by atoms with van der Waals surface area (Å²) in [5.41, 5.74) is 0.153. The van der Waals surface area contributed by atoms with E-state index in [2.05, 4.69) is 19.8 Å². The number of pyridine rings is 1. The zero-order valence-corrected chi connectivity index (χ0v) is 13.1. The molecular weight excluding hydrogens is 338 g/mol. The van der Waals surface area contributed by atoms with Gasteiger partial charge in [0.1, 0.15) is 23.3 Å². The van der Waals surface area contributed by atoms with E-state index in [4.69, 9.17) is 9.52 Å². The third-order valence-electron chi connectivity index (χ3n) is 3.04. The summed E-state index contributed by atoms with van der Waals surface area (Å²) in [7, 11) is -4.08. The maximum Gasteiger partial charge on any atom is 0.371 e. The van der Waals surface area contributed by atoms with Crippen LogP contribution in [0.3, 0.4) is 0 Å². The molecule has 0 fully saturated rings. The van der Waals surface area contributed by atoms with Crippen molar-refractivity contribution in [3.05, 3.63) is 48.6 Å². The van der Waals surface area contributed by atoms with Crippen molar-refractivity contribution in [3.63, 3.8) is 0 Å². The van der Waals surface area contributed by atoms with Crippen molar-refractivity contribution in [2.24, 2.45) is 0 Å². The largest absolute Gasteiger partial charge is 0.475 e. The fourth-order valence-electron chi connectivity index (χ4n) is 2.01. The smallest absolute Gasteiger partial charge is 0.371 e. The van der Waals surface area contributed by atoms with Gasteiger partial charge in [-0.2, -0.15) is 5.10 Å². The van der Waals surface area contributed by atoms with E-state index >= 15 is 0 Å². The number of aromatic carboxylic acids is 1. The van der Waals surface area contributed by atoms with Gasteiger partial charge in [-0.25, -0.2) is 27.9 Å². The minimum Gasteiger partial charge on any atom is -0.475 e. The summed E-state index contributed by atoms with van der Waals surface area (Å²) < 4.78 is 33.7. The quantitative estimate of drug-likeness (QED) is 0.697. The van der Waals surface area contributed by atoms with Gasteiger partial charge in [-0.05, 0) is 19.1 Å². The van der Waals surface area contributed by atoms with Crippen molar-refractivity contribution in [1.29, 1.82) is 0 Å². The molecule has 3 heterocycles. The first-order valence-corrected chi connectivity index (χ1v) is 8.03. The number of hydrogen-bond acceptors (Lipinski definition) is 7. The van der Waals surface area contributed by atoms with Crippen LogP contribution in [0.1, 0.15) is 16.3 Å². The minimum atomic E-state index is -4.08. The van der Waals surface area contributed by atoms with Crippen LogP contribution in [0.15, 0.2) is 46.4 Å². The Bertz CT molecular complexity index is 994. The van der Waals surface area contributed by atoms with Gasteiger partial charge >= 0.3 is 5.97 Å². The van der Waals surface area contributed by atoms with Gasteiger partial charge in [-0.1, -0.05) is 0 Å². The highest BCUT2D eigenvalue weighted by molar-refractivity contribution is 7.92. The van der Waals surface area contributed by atoms with Gasteiger partial charge in [0.25, 0.3) is 10.0 Å². The summed E-state index contributed by atoms with van der Waals surface area (Å²) in [5, 5.41) is 12.8. The molecule has 3 rings (SSSR count). The number of carbonyl (C=O) groups is 1. The molecule has 24 heavy (non-hydrogen) atoms. The second-order valence-corrected chi connectivity index (χ2v) is 6.31. The maximum absolute atomic E-state index is 12.5. The van der Waals surface area contributed by atoms with E-state index in [1.54, 1.807) is 6.07 Å². The average Bonchev–Trinajstić information content (AvgIpc) is 3.17. The molecule has 0 bridgehead atoms. The zero-order valence-electron chi connectivity index (χ0n) is 12.2. The van der Waals surface area contributed by atoms with Gasteiger partial charge in [-0.15, -0.1) is 0 Å².